The number of nitrogens with one attached hydrogen (secondary N) is 1. The van der Waals surface area contributed by atoms with Gasteiger partial charge in [0.25, 0.3) is 0 Å². The summed E-state index contributed by atoms with van der Waals surface area (Å²) in [5.41, 5.74) is 12.2. The van der Waals surface area contributed by atoms with E-state index in [4.69, 9.17) is 72.3 Å². The molecule has 0 bridgehead atoms. The van der Waals surface area contributed by atoms with Crippen LogP contribution in [-0.4, -0.2) is 310 Å². The monoisotopic (exact) mass is 1260 g/mol. The van der Waals surface area contributed by atoms with Gasteiger partial charge in [0.05, 0.1) is 78.5 Å². The summed E-state index contributed by atoms with van der Waals surface area (Å²) in [6.07, 6.45) is 0. The molecular weight excluding hydrogens is 1200 g/mol. The fourth-order valence-corrected chi connectivity index (χ4v) is 4.43. The first-order valence-corrected chi connectivity index (χ1v) is 17.0. The number of nitrogens with zero attached hydrogens (tertiary/aromatic N) is 8. The Morgan fingerprint density at radius 1 is 0.260 bits per heavy atom. The molecular formula is C30H51ClN9Na13O24+12. The number of carboxylic acids is 12. The fourth-order valence-electron chi connectivity index (χ4n) is 4.43. The molecule has 0 atom stereocenters. The molecule has 0 unspecified atom stereocenters. The molecule has 0 aromatic rings. The van der Waals surface area contributed by atoms with Crippen molar-refractivity contribution in [3.8, 4) is 0 Å². The summed E-state index contributed by atoms with van der Waals surface area (Å²) in [5.74, 6) is -14.7. The Labute approximate surface area is 735 Å². The first-order valence-electron chi connectivity index (χ1n) is 17.0. The minimum atomic E-state index is -1.23. The van der Waals surface area contributed by atoms with Crippen LogP contribution in [0.1, 0.15) is 0 Å². The molecule has 33 nitrogen and oxygen atoms in total. The Bertz CT molecular complexity index is 1270. The molecule has 0 aliphatic rings. The molecule has 77 heavy (non-hydrogen) atoms. The average molecular weight is 1260 g/mol. The molecule has 0 aliphatic carbocycles. The van der Waals surface area contributed by atoms with Crippen molar-refractivity contribution >= 4 is 114 Å². The number of hydrogen-bond acceptors (Lipinski definition) is 19. The molecule has 0 aromatic carbocycles. The Balaban J connectivity index is -0.0000000379. The van der Waals surface area contributed by atoms with Gasteiger partial charge in [-0.1, -0.05) is 0 Å². The summed E-state index contributed by atoms with van der Waals surface area (Å²) in [4.78, 5) is 135. The summed E-state index contributed by atoms with van der Waals surface area (Å²) in [6.45, 7) is -6.75. The van der Waals surface area contributed by atoms with Gasteiger partial charge >= 0.3 is 456 Å². The van der Waals surface area contributed by atoms with E-state index in [1.54, 1.807) is 4.91 Å². The SMILES string of the molecule is Cl.O=C(O)CN(CCN(CC(=O)O)CC(=O)O)CC(=O)O.O=C(O)CN(CCN(CC(=O)O)CC(=O)O)CC(=O)O.O=C(O)CN(CCN(CC(=O)O)CC(=O)O)CC(=O)O.[N-]=[N+]=N.[Na+].[Na+].[Na+].[Na+].[Na+].[Na+].[Na+].[Na+].[Na+].[Na+].[Na+].[Na+].[NaH]. The maximum absolute atomic E-state index is 10.6. The standard InChI is InChI=1S/3C10H16N2O8.ClH.HN3.13Na.H/c3*13-7(14)3-11(4-8(15)16)1-2-12(5-9(17)18)6-10(19)20;;1-3-2;;;;;;;;;;;;;;/h3*1-6H2,(H,13,14)(H,15,16)(H,17,18)(H,19,20);1H;1H;;;;;;;;;;;;;;/q;;;;;;12*+1;. The number of carbonyl (C=O) groups is 12. The molecule has 0 heterocycles. The van der Waals surface area contributed by atoms with Crippen LogP contribution in [0.25, 0.3) is 10.4 Å². The molecule has 0 aliphatic heterocycles. The van der Waals surface area contributed by atoms with Crippen LogP contribution >= 0.6 is 12.4 Å². The minimum absolute atomic E-state index is 0. The van der Waals surface area contributed by atoms with Crippen LogP contribution < -0.4 is 355 Å². The normalized spacial score (nSPS) is 8.44. The van der Waals surface area contributed by atoms with Gasteiger partial charge in [0.15, 0.2) is 0 Å². The van der Waals surface area contributed by atoms with Gasteiger partial charge in [-0.3, -0.25) is 86.9 Å². The first kappa shape index (κ1) is 132. The third-order valence-electron chi connectivity index (χ3n) is 6.50. The van der Waals surface area contributed by atoms with Crippen molar-refractivity contribution in [2.75, 3.05) is 118 Å². The third-order valence-corrected chi connectivity index (χ3v) is 6.50. The molecule has 0 radical (unpaired) electrons. The van der Waals surface area contributed by atoms with E-state index >= 15 is 0 Å². The first-order chi connectivity index (χ1) is 29.0. The van der Waals surface area contributed by atoms with Gasteiger partial charge in [-0.05, 0) is 10.4 Å². The topological polar surface area (TPSA) is 527 Å². The third kappa shape index (κ3) is 110. The summed E-state index contributed by atoms with van der Waals surface area (Å²) in [5, 5.41) is 103. The number of aliphatic carboxylic acids is 12. The van der Waals surface area contributed by atoms with Gasteiger partial charge in [-0.25, -0.2) is 0 Å². The second kappa shape index (κ2) is 86.2. The second-order valence-corrected chi connectivity index (χ2v) is 12.1. The number of halogens is 1. The predicted octanol–water partition coefficient (Wildman–Crippen LogP) is -41.5. The molecule has 0 spiro atoms. The van der Waals surface area contributed by atoms with Crippen LogP contribution in [0.5, 0.6) is 0 Å². The van der Waals surface area contributed by atoms with Gasteiger partial charge in [0.2, 0.25) is 0 Å². The Kier molecular flexibility index (Phi) is 148. The molecule has 0 fully saturated rings. The van der Waals surface area contributed by atoms with Crippen LogP contribution in [-0.2, 0) is 57.5 Å². The van der Waals surface area contributed by atoms with Crippen LogP contribution in [0.2, 0.25) is 0 Å². The molecule has 0 amide bonds. The van der Waals surface area contributed by atoms with Gasteiger partial charge in [-0.15, -0.1) is 17.9 Å². The molecule has 368 valence electrons. The fraction of sp³-hybridized carbons (Fsp3) is 0.600. The zero-order valence-corrected chi connectivity index (χ0v) is 70.3. The van der Waals surface area contributed by atoms with Crippen molar-refractivity contribution in [3.63, 3.8) is 0 Å². The van der Waals surface area contributed by atoms with E-state index in [1.807, 2.05) is 0 Å². The Hall–Kier alpha value is 6.00. The summed E-state index contributed by atoms with van der Waals surface area (Å²) in [6, 6.07) is 0. The van der Waals surface area contributed by atoms with Crippen molar-refractivity contribution in [2.24, 2.45) is 0 Å². The zero-order chi connectivity index (χ0) is 49.8. The molecule has 0 saturated heterocycles. The zero-order valence-electron chi connectivity index (χ0n) is 45.5. The predicted molar refractivity (Wildman–Crippen MR) is 214 cm³/mol. The number of rotatable bonds is 33. The average Bonchev–Trinajstić information content (AvgIpc) is 3.06. The van der Waals surface area contributed by atoms with Crippen molar-refractivity contribution in [1.82, 2.24) is 29.4 Å². The van der Waals surface area contributed by atoms with E-state index in [9.17, 15) is 57.5 Å². The van der Waals surface area contributed by atoms with Crippen LogP contribution in [0.4, 0.5) is 0 Å². The Morgan fingerprint density at radius 3 is 0.351 bits per heavy atom. The van der Waals surface area contributed by atoms with Gasteiger partial charge in [0, 0.05) is 39.3 Å². The number of hydrogen-bond donors (Lipinski definition) is 13. The Morgan fingerprint density at radius 2 is 0.312 bits per heavy atom. The van der Waals surface area contributed by atoms with E-state index in [0.717, 1.165) is 29.4 Å². The van der Waals surface area contributed by atoms with Crippen LogP contribution in [0.15, 0.2) is 0 Å². The van der Waals surface area contributed by atoms with E-state index in [1.165, 1.54) is 0 Å². The van der Waals surface area contributed by atoms with Gasteiger partial charge in [-0.2, -0.15) is 0 Å². The summed E-state index contributed by atoms with van der Waals surface area (Å²) >= 11 is 0. The van der Waals surface area contributed by atoms with Crippen molar-refractivity contribution in [3.05, 3.63) is 10.4 Å². The van der Waals surface area contributed by atoms with Crippen molar-refractivity contribution < 1.29 is 474 Å². The molecule has 47 heteroatoms. The van der Waals surface area contributed by atoms with Crippen LogP contribution in [0.3, 0.4) is 0 Å². The molecule has 13 N–H and O–H groups in total. The number of carboxylic acid groups (broad SMARTS) is 12. The van der Waals surface area contributed by atoms with E-state index in [-0.39, 0.29) is 436 Å². The second-order valence-electron chi connectivity index (χ2n) is 12.1. The van der Waals surface area contributed by atoms with Crippen molar-refractivity contribution in [2.45, 2.75) is 0 Å². The van der Waals surface area contributed by atoms with Gasteiger partial charge in [0.1, 0.15) is 0 Å². The molecule has 0 aromatic heterocycles. The summed E-state index contributed by atoms with van der Waals surface area (Å²) < 4.78 is 0. The molecule has 0 saturated carbocycles. The summed E-state index contributed by atoms with van der Waals surface area (Å²) in [7, 11) is 0. The maximum atomic E-state index is 10.6. The molecule has 0 rings (SSSR count). The van der Waals surface area contributed by atoms with E-state index in [2.05, 4.69) is 0 Å². The van der Waals surface area contributed by atoms with Crippen molar-refractivity contribution in [1.29, 1.82) is 5.53 Å². The quantitative estimate of drug-likeness (QED) is 0.0126. The van der Waals surface area contributed by atoms with E-state index in [0.29, 0.717) is 0 Å². The van der Waals surface area contributed by atoms with E-state index < -0.39 is 150 Å². The van der Waals surface area contributed by atoms with Gasteiger partial charge < -0.3 is 61.3 Å². The van der Waals surface area contributed by atoms with Crippen LogP contribution in [0, 0.1) is 5.53 Å².